The van der Waals surface area contributed by atoms with Gasteiger partial charge in [0, 0.05) is 18.5 Å². The van der Waals surface area contributed by atoms with E-state index in [-0.39, 0.29) is 5.91 Å². The monoisotopic (exact) mass is 399 g/mol. The molecule has 0 aliphatic carbocycles. The van der Waals surface area contributed by atoms with Gasteiger partial charge in [-0.05, 0) is 56.7 Å². The van der Waals surface area contributed by atoms with Crippen LogP contribution in [-0.4, -0.2) is 52.2 Å². The van der Waals surface area contributed by atoms with Gasteiger partial charge in [0.1, 0.15) is 10.0 Å². The van der Waals surface area contributed by atoms with E-state index in [4.69, 9.17) is 0 Å². The minimum absolute atomic E-state index is 0.0527. The fraction of sp³-hybridized carbons (Fsp3) is 0.368. The van der Waals surface area contributed by atoms with Crippen LogP contribution in [-0.2, 0) is 0 Å². The van der Waals surface area contributed by atoms with Crippen LogP contribution < -0.4 is 5.32 Å². The number of nitrogens with one attached hydrogen (secondary N) is 1. The summed E-state index contributed by atoms with van der Waals surface area (Å²) in [7, 11) is 0. The number of nitrogens with zero attached hydrogens (tertiary/aromatic N) is 4. The average Bonchev–Trinajstić information content (AvgIpc) is 3.33. The molecule has 2 aromatic heterocycles. The van der Waals surface area contributed by atoms with Crippen molar-refractivity contribution in [2.45, 2.75) is 29.1 Å². The first-order valence-corrected chi connectivity index (χ1v) is 10.7. The van der Waals surface area contributed by atoms with Crippen LogP contribution >= 0.6 is 23.1 Å². The normalized spacial score (nSPS) is 14.7. The molecule has 0 bridgehead atoms. The van der Waals surface area contributed by atoms with E-state index in [1.807, 2.05) is 37.3 Å². The topological polar surface area (TPSA) is 71.0 Å². The molecule has 1 N–H and O–H groups in total. The van der Waals surface area contributed by atoms with Crippen LogP contribution in [0.25, 0.3) is 10.9 Å². The number of hydrogen-bond donors (Lipinski definition) is 1. The number of fused-ring (bicyclic) bond motifs is 1. The molecule has 0 atom stereocenters. The maximum Gasteiger partial charge on any atom is 0.252 e. The standard InChI is InChI=1S/C19H21N5OS2/c1-13-22-23-19(26-13)27-17-12-15(14-6-2-3-7-16(14)21-17)18(25)20-8-11-24-9-4-5-10-24/h2-3,6-7,12H,4-5,8-11H2,1H3,(H,20,25). The fourth-order valence-corrected chi connectivity index (χ4v) is 5.01. The molecule has 1 fully saturated rings. The van der Waals surface area contributed by atoms with Gasteiger partial charge in [-0.1, -0.05) is 29.5 Å². The number of rotatable bonds is 6. The molecule has 140 valence electrons. The third-order valence-electron chi connectivity index (χ3n) is 4.55. The maximum atomic E-state index is 12.8. The quantitative estimate of drug-likeness (QED) is 0.685. The van der Waals surface area contributed by atoms with E-state index in [2.05, 4.69) is 25.4 Å². The molecular formula is C19H21N5OS2. The molecule has 8 heteroatoms. The zero-order valence-corrected chi connectivity index (χ0v) is 16.8. The number of likely N-dealkylation sites (tertiary alicyclic amines) is 1. The van der Waals surface area contributed by atoms with Crippen LogP contribution in [0.5, 0.6) is 0 Å². The van der Waals surface area contributed by atoms with Crippen molar-refractivity contribution in [1.29, 1.82) is 0 Å². The molecule has 0 saturated carbocycles. The van der Waals surface area contributed by atoms with E-state index in [1.54, 1.807) is 0 Å². The Morgan fingerprint density at radius 2 is 2.07 bits per heavy atom. The van der Waals surface area contributed by atoms with Gasteiger partial charge in [0.25, 0.3) is 5.91 Å². The smallest absolute Gasteiger partial charge is 0.252 e. The summed E-state index contributed by atoms with van der Waals surface area (Å²) in [6.07, 6.45) is 2.52. The second kappa shape index (κ2) is 8.33. The lowest BCUT2D eigenvalue weighted by molar-refractivity contribution is 0.0951. The van der Waals surface area contributed by atoms with Crippen molar-refractivity contribution in [1.82, 2.24) is 25.4 Å². The van der Waals surface area contributed by atoms with Crippen molar-refractivity contribution in [3.8, 4) is 0 Å². The number of carbonyl (C=O) groups is 1. The largest absolute Gasteiger partial charge is 0.351 e. The Kier molecular flexibility index (Phi) is 5.66. The van der Waals surface area contributed by atoms with Crippen molar-refractivity contribution in [2.24, 2.45) is 0 Å². The average molecular weight is 400 g/mol. The second-order valence-electron chi connectivity index (χ2n) is 6.52. The van der Waals surface area contributed by atoms with Gasteiger partial charge in [0.15, 0.2) is 4.34 Å². The Balaban J connectivity index is 1.54. The fourth-order valence-electron chi connectivity index (χ4n) is 3.23. The molecule has 0 spiro atoms. The van der Waals surface area contributed by atoms with E-state index in [0.29, 0.717) is 12.1 Å². The van der Waals surface area contributed by atoms with Gasteiger partial charge in [-0.3, -0.25) is 4.79 Å². The van der Waals surface area contributed by atoms with Crippen molar-refractivity contribution in [3.63, 3.8) is 0 Å². The molecule has 4 rings (SSSR count). The van der Waals surface area contributed by atoms with Crippen LogP contribution in [0.4, 0.5) is 0 Å². The minimum atomic E-state index is -0.0527. The summed E-state index contributed by atoms with van der Waals surface area (Å²) in [4.78, 5) is 19.9. The lowest BCUT2D eigenvalue weighted by atomic mass is 10.1. The summed E-state index contributed by atoms with van der Waals surface area (Å²) in [5, 5.41) is 13.8. The number of benzene rings is 1. The third kappa shape index (κ3) is 4.45. The van der Waals surface area contributed by atoms with Gasteiger partial charge in [-0.25, -0.2) is 4.98 Å². The maximum absolute atomic E-state index is 12.8. The first-order valence-electron chi connectivity index (χ1n) is 9.07. The third-order valence-corrected chi connectivity index (χ3v) is 6.36. The number of amides is 1. The number of para-hydroxylation sites is 1. The molecule has 1 saturated heterocycles. The highest BCUT2D eigenvalue weighted by Crippen LogP contribution is 2.31. The van der Waals surface area contributed by atoms with Gasteiger partial charge >= 0.3 is 0 Å². The predicted octanol–water partition coefficient (Wildman–Crippen LogP) is 3.37. The van der Waals surface area contributed by atoms with Crippen LogP contribution in [0.15, 0.2) is 39.7 Å². The summed E-state index contributed by atoms with van der Waals surface area (Å²) >= 11 is 2.97. The summed E-state index contributed by atoms with van der Waals surface area (Å²) in [5.41, 5.74) is 1.47. The van der Waals surface area contributed by atoms with E-state index in [0.717, 1.165) is 44.9 Å². The summed E-state index contributed by atoms with van der Waals surface area (Å²) in [5.74, 6) is -0.0527. The van der Waals surface area contributed by atoms with Gasteiger partial charge < -0.3 is 10.2 Å². The molecule has 1 aliphatic rings. The molecule has 3 heterocycles. The highest BCUT2D eigenvalue weighted by molar-refractivity contribution is 8.01. The lowest BCUT2D eigenvalue weighted by Gasteiger charge is -2.15. The molecule has 1 aromatic carbocycles. The number of pyridine rings is 1. The first kappa shape index (κ1) is 18.3. The summed E-state index contributed by atoms with van der Waals surface area (Å²) in [6.45, 7) is 5.76. The van der Waals surface area contributed by atoms with Crippen LogP contribution in [0, 0.1) is 6.92 Å². The van der Waals surface area contributed by atoms with Crippen molar-refractivity contribution < 1.29 is 4.79 Å². The number of carbonyl (C=O) groups excluding carboxylic acids is 1. The lowest BCUT2D eigenvalue weighted by Crippen LogP contribution is -2.33. The van der Waals surface area contributed by atoms with Crippen LogP contribution in [0.1, 0.15) is 28.2 Å². The van der Waals surface area contributed by atoms with Gasteiger partial charge in [0.2, 0.25) is 0 Å². The highest BCUT2D eigenvalue weighted by atomic mass is 32.2. The van der Waals surface area contributed by atoms with Crippen molar-refractivity contribution in [3.05, 3.63) is 40.9 Å². The molecule has 6 nitrogen and oxygen atoms in total. The predicted molar refractivity (Wildman–Crippen MR) is 109 cm³/mol. The van der Waals surface area contributed by atoms with E-state index < -0.39 is 0 Å². The van der Waals surface area contributed by atoms with Gasteiger partial charge in [0.05, 0.1) is 11.1 Å². The molecule has 27 heavy (non-hydrogen) atoms. The van der Waals surface area contributed by atoms with E-state index in [1.165, 1.54) is 35.9 Å². The Bertz CT molecular complexity index is 952. The molecule has 0 unspecified atom stereocenters. The molecule has 1 aliphatic heterocycles. The Labute approximate surface area is 166 Å². The van der Waals surface area contributed by atoms with Crippen molar-refractivity contribution in [2.75, 3.05) is 26.2 Å². The van der Waals surface area contributed by atoms with Crippen LogP contribution in [0.3, 0.4) is 0 Å². The molecule has 0 radical (unpaired) electrons. The number of aromatic nitrogens is 3. The Hall–Kier alpha value is -2.03. The van der Waals surface area contributed by atoms with Crippen LogP contribution in [0.2, 0.25) is 0 Å². The number of aryl methyl sites for hydroxylation is 1. The van der Waals surface area contributed by atoms with Crippen molar-refractivity contribution >= 4 is 39.9 Å². The SMILES string of the molecule is Cc1nnc(Sc2cc(C(=O)NCCN3CCCC3)c3ccccc3n2)s1. The Morgan fingerprint density at radius 3 is 2.85 bits per heavy atom. The van der Waals surface area contributed by atoms with E-state index in [9.17, 15) is 4.79 Å². The zero-order chi connectivity index (χ0) is 18.6. The number of hydrogen-bond acceptors (Lipinski definition) is 7. The summed E-state index contributed by atoms with van der Waals surface area (Å²) in [6, 6.07) is 9.61. The molecular weight excluding hydrogens is 378 g/mol. The second-order valence-corrected chi connectivity index (χ2v) is 8.97. The summed E-state index contributed by atoms with van der Waals surface area (Å²) < 4.78 is 0.829. The van der Waals surface area contributed by atoms with Gasteiger partial charge in [-0.2, -0.15) is 0 Å². The highest BCUT2D eigenvalue weighted by Gasteiger charge is 2.16. The van der Waals surface area contributed by atoms with E-state index >= 15 is 0 Å². The molecule has 3 aromatic rings. The zero-order valence-electron chi connectivity index (χ0n) is 15.1. The minimum Gasteiger partial charge on any atom is -0.351 e. The van der Waals surface area contributed by atoms with Gasteiger partial charge in [-0.15, -0.1) is 10.2 Å². The Morgan fingerprint density at radius 1 is 1.26 bits per heavy atom. The first-order chi connectivity index (χ1) is 13.2. The molecule has 1 amide bonds.